The third kappa shape index (κ3) is 4.20. The average molecular weight is 398 g/mol. The van der Waals surface area contributed by atoms with Crippen LogP contribution in [0.15, 0.2) is 24.4 Å². The van der Waals surface area contributed by atoms with Crippen molar-refractivity contribution >= 4 is 45.0 Å². The molecule has 0 radical (unpaired) electrons. The summed E-state index contributed by atoms with van der Waals surface area (Å²) in [5.74, 6) is -0.506. The predicted octanol–water partition coefficient (Wildman–Crippen LogP) is 3.11. The first-order valence-corrected chi connectivity index (χ1v) is 8.69. The first-order chi connectivity index (χ1) is 11.8. The van der Waals surface area contributed by atoms with Crippen molar-refractivity contribution < 1.29 is 9.18 Å². The molecule has 6 nitrogen and oxygen atoms in total. The molecule has 0 saturated heterocycles. The molecule has 3 aromatic rings. The van der Waals surface area contributed by atoms with Crippen LogP contribution in [0, 0.1) is 12.7 Å². The Morgan fingerprint density at radius 2 is 2.04 bits per heavy atom. The van der Waals surface area contributed by atoms with Crippen molar-refractivity contribution in [3.8, 4) is 0 Å². The van der Waals surface area contributed by atoms with E-state index < -0.39 is 0 Å². The highest BCUT2D eigenvalue weighted by molar-refractivity contribution is 7.22. The lowest BCUT2D eigenvalue weighted by molar-refractivity contribution is 0.0979. The molecule has 9 heteroatoms. The summed E-state index contributed by atoms with van der Waals surface area (Å²) in [6.45, 7) is 3.02. The summed E-state index contributed by atoms with van der Waals surface area (Å²) in [4.78, 5) is 21.2. The number of anilines is 1. The van der Waals surface area contributed by atoms with E-state index in [2.05, 4.69) is 10.1 Å². The van der Waals surface area contributed by atoms with Crippen molar-refractivity contribution in [1.82, 2.24) is 19.7 Å². The number of thiazole rings is 1. The summed E-state index contributed by atoms with van der Waals surface area (Å²) in [5.41, 5.74) is 1.91. The molecule has 0 atom stereocenters. The van der Waals surface area contributed by atoms with Crippen molar-refractivity contribution in [2.75, 3.05) is 32.1 Å². The van der Waals surface area contributed by atoms with Crippen LogP contribution in [-0.2, 0) is 7.05 Å². The van der Waals surface area contributed by atoms with Gasteiger partial charge in [0.1, 0.15) is 5.82 Å². The van der Waals surface area contributed by atoms with E-state index >= 15 is 0 Å². The molecular formula is C17H21ClFN5OS. The van der Waals surface area contributed by atoms with Gasteiger partial charge in [0.15, 0.2) is 10.8 Å². The lowest BCUT2D eigenvalue weighted by Gasteiger charge is -2.21. The molecule has 0 unspecified atom stereocenters. The van der Waals surface area contributed by atoms with Gasteiger partial charge >= 0.3 is 0 Å². The van der Waals surface area contributed by atoms with Crippen LogP contribution in [0.3, 0.4) is 0 Å². The lowest BCUT2D eigenvalue weighted by Crippen LogP contribution is -2.37. The second-order valence-electron chi connectivity index (χ2n) is 6.20. The van der Waals surface area contributed by atoms with E-state index in [1.54, 1.807) is 22.7 Å². The molecule has 0 aliphatic rings. The third-order valence-electron chi connectivity index (χ3n) is 3.80. The van der Waals surface area contributed by atoms with E-state index in [1.165, 1.54) is 23.5 Å². The number of hydrogen-bond donors (Lipinski definition) is 0. The van der Waals surface area contributed by atoms with E-state index in [-0.39, 0.29) is 24.1 Å². The number of amides is 1. The molecule has 0 spiro atoms. The monoisotopic (exact) mass is 397 g/mol. The van der Waals surface area contributed by atoms with Crippen LogP contribution in [0.1, 0.15) is 16.1 Å². The molecule has 0 bridgehead atoms. The molecule has 0 fully saturated rings. The largest absolute Gasteiger partial charge is 0.308 e. The van der Waals surface area contributed by atoms with Gasteiger partial charge in [-0.2, -0.15) is 5.10 Å². The minimum Gasteiger partial charge on any atom is -0.308 e. The molecule has 2 heterocycles. The molecule has 0 aliphatic heterocycles. The Morgan fingerprint density at radius 1 is 1.31 bits per heavy atom. The molecule has 3 rings (SSSR count). The smallest absolute Gasteiger partial charge is 0.280 e. The normalized spacial score (nSPS) is 11.0. The quantitative estimate of drug-likeness (QED) is 0.663. The van der Waals surface area contributed by atoms with E-state index in [0.717, 1.165) is 10.3 Å². The number of carbonyl (C=O) groups excluding carboxylic acids is 1. The van der Waals surface area contributed by atoms with E-state index in [9.17, 15) is 9.18 Å². The topological polar surface area (TPSA) is 54.3 Å². The first kappa shape index (κ1) is 20.3. The Morgan fingerprint density at radius 3 is 2.65 bits per heavy atom. The van der Waals surface area contributed by atoms with Gasteiger partial charge < -0.3 is 4.90 Å². The van der Waals surface area contributed by atoms with Gasteiger partial charge in [-0.25, -0.2) is 9.37 Å². The Kier molecular flexibility index (Phi) is 6.33. The van der Waals surface area contributed by atoms with Crippen molar-refractivity contribution in [2.24, 2.45) is 7.05 Å². The summed E-state index contributed by atoms with van der Waals surface area (Å²) in [6, 6.07) is 4.45. The highest BCUT2D eigenvalue weighted by atomic mass is 35.5. The van der Waals surface area contributed by atoms with Crippen molar-refractivity contribution in [1.29, 1.82) is 0 Å². The van der Waals surface area contributed by atoms with Crippen LogP contribution in [0.25, 0.3) is 10.2 Å². The Balaban J connectivity index is 0.00000243. The zero-order valence-electron chi connectivity index (χ0n) is 15.1. The predicted molar refractivity (Wildman–Crippen MR) is 105 cm³/mol. The minimum atomic E-state index is -0.311. The second-order valence-corrected chi connectivity index (χ2v) is 7.21. The fraction of sp³-hybridized carbons (Fsp3) is 0.353. The summed E-state index contributed by atoms with van der Waals surface area (Å²) in [7, 11) is 5.68. The Bertz CT molecular complexity index is 923. The highest BCUT2D eigenvalue weighted by Gasteiger charge is 2.25. The van der Waals surface area contributed by atoms with Crippen LogP contribution in [-0.4, -0.2) is 52.8 Å². The maximum Gasteiger partial charge on any atom is 0.280 e. The molecule has 0 aliphatic carbocycles. The fourth-order valence-electron chi connectivity index (χ4n) is 2.53. The van der Waals surface area contributed by atoms with Gasteiger partial charge in [-0.1, -0.05) is 11.3 Å². The van der Waals surface area contributed by atoms with Crippen molar-refractivity contribution in [3.05, 3.63) is 41.5 Å². The number of likely N-dealkylation sites (N-methyl/N-ethyl adjacent to an activating group) is 1. The number of aromatic nitrogens is 3. The van der Waals surface area contributed by atoms with Gasteiger partial charge in [0.05, 0.1) is 10.2 Å². The van der Waals surface area contributed by atoms with Gasteiger partial charge in [0.2, 0.25) is 0 Å². The minimum absolute atomic E-state index is 0. The second kappa shape index (κ2) is 8.11. The summed E-state index contributed by atoms with van der Waals surface area (Å²) >= 11 is 1.31. The van der Waals surface area contributed by atoms with Gasteiger partial charge in [-0.15, -0.1) is 12.4 Å². The molecule has 2 aromatic heterocycles. The van der Waals surface area contributed by atoms with Crippen LogP contribution in [0.2, 0.25) is 0 Å². The van der Waals surface area contributed by atoms with Crippen molar-refractivity contribution in [3.63, 3.8) is 0 Å². The van der Waals surface area contributed by atoms with E-state index in [4.69, 9.17) is 0 Å². The first-order valence-electron chi connectivity index (χ1n) is 7.88. The maximum absolute atomic E-state index is 13.5. The summed E-state index contributed by atoms with van der Waals surface area (Å²) < 4.78 is 15.8. The summed E-state index contributed by atoms with van der Waals surface area (Å²) in [6.07, 6.45) is 1.81. The zero-order chi connectivity index (χ0) is 18.1. The molecule has 0 saturated carbocycles. The van der Waals surface area contributed by atoms with Gasteiger partial charge in [0.25, 0.3) is 5.91 Å². The van der Waals surface area contributed by atoms with Crippen molar-refractivity contribution in [2.45, 2.75) is 6.92 Å². The molecule has 140 valence electrons. The van der Waals surface area contributed by atoms with Crippen LogP contribution in [0.4, 0.5) is 9.52 Å². The number of benzene rings is 1. The molecule has 26 heavy (non-hydrogen) atoms. The number of halogens is 2. The molecule has 1 amide bonds. The molecule has 1 aromatic carbocycles. The Hall–Kier alpha value is -2.03. The van der Waals surface area contributed by atoms with Crippen LogP contribution < -0.4 is 4.90 Å². The lowest BCUT2D eigenvalue weighted by atomic mass is 10.2. The number of aryl methyl sites for hydroxylation is 2. The zero-order valence-corrected chi connectivity index (χ0v) is 16.7. The van der Waals surface area contributed by atoms with E-state index in [0.29, 0.717) is 29.4 Å². The maximum atomic E-state index is 13.5. The van der Waals surface area contributed by atoms with Gasteiger partial charge in [-0.05, 0) is 39.2 Å². The van der Waals surface area contributed by atoms with Crippen LogP contribution in [0.5, 0.6) is 0 Å². The third-order valence-corrected chi connectivity index (χ3v) is 4.84. The van der Waals surface area contributed by atoms with Gasteiger partial charge in [-0.3, -0.25) is 14.4 Å². The van der Waals surface area contributed by atoms with E-state index in [1.807, 2.05) is 32.1 Å². The SMILES string of the molecule is Cc1cn(C)nc1C(=O)N(CCN(C)C)c1nc2ccc(F)cc2s1.Cl. The van der Waals surface area contributed by atoms with Gasteiger partial charge in [0, 0.05) is 31.9 Å². The van der Waals surface area contributed by atoms with Crippen LogP contribution >= 0.6 is 23.7 Å². The number of rotatable bonds is 5. The Labute approximate surface area is 161 Å². The number of nitrogens with zero attached hydrogens (tertiary/aromatic N) is 5. The standard InChI is InChI=1S/C17H20FN5OS.ClH/c1-11-10-22(4)20-15(11)16(24)23(8-7-21(2)3)17-19-13-6-5-12(18)9-14(13)25-17;/h5-6,9-10H,7-8H2,1-4H3;1H. The number of carbonyl (C=O) groups is 1. The summed E-state index contributed by atoms with van der Waals surface area (Å²) in [5, 5.41) is 4.83. The highest BCUT2D eigenvalue weighted by Crippen LogP contribution is 2.30. The average Bonchev–Trinajstić information content (AvgIpc) is 3.09. The number of fused-ring (bicyclic) bond motifs is 1. The fourth-order valence-corrected chi connectivity index (χ4v) is 3.55. The number of hydrogen-bond acceptors (Lipinski definition) is 5. The molecular weight excluding hydrogens is 377 g/mol. The molecule has 0 N–H and O–H groups in total.